The summed E-state index contributed by atoms with van der Waals surface area (Å²) in [6.45, 7) is 5.14. The summed E-state index contributed by atoms with van der Waals surface area (Å²) in [6.07, 6.45) is 4.59. The highest BCUT2D eigenvalue weighted by Crippen LogP contribution is 2.47. The van der Waals surface area contributed by atoms with Gasteiger partial charge < -0.3 is 11.1 Å². The van der Waals surface area contributed by atoms with Crippen LogP contribution in [0.1, 0.15) is 39.5 Å². The van der Waals surface area contributed by atoms with E-state index in [2.05, 4.69) is 12.2 Å². The summed E-state index contributed by atoms with van der Waals surface area (Å²) in [5, 5.41) is 3.25. The molecular weight excluding hydrogens is 164 g/mol. The molecule has 1 atom stereocenters. The summed E-state index contributed by atoms with van der Waals surface area (Å²) >= 11 is 0. The first kappa shape index (κ1) is 10.5. The number of amides is 1. The van der Waals surface area contributed by atoms with Crippen molar-refractivity contribution in [3.8, 4) is 0 Å². The van der Waals surface area contributed by atoms with Crippen LogP contribution in [0.25, 0.3) is 0 Å². The van der Waals surface area contributed by atoms with Crippen LogP contribution in [0.4, 0.5) is 0 Å². The first-order chi connectivity index (χ1) is 6.13. The minimum absolute atomic E-state index is 0.135. The second kappa shape index (κ2) is 4.09. The van der Waals surface area contributed by atoms with Gasteiger partial charge in [-0.1, -0.05) is 13.8 Å². The lowest BCUT2D eigenvalue weighted by atomic mass is 10.0. The Morgan fingerprint density at radius 2 is 2.15 bits per heavy atom. The zero-order chi connectivity index (χ0) is 9.90. The first-order valence-electron chi connectivity index (χ1n) is 5.16. The van der Waals surface area contributed by atoms with Crippen molar-refractivity contribution < 1.29 is 4.79 Å². The van der Waals surface area contributed by atoms with Gasteiger partial charge in [0.05, 0.1) is 6.04 Å². The van der Waals surface area contributed by atoms with Crippen molar-refractivity contribution in [2.45, 2.75) is 45.6 Å². The van der Waals surface area contributed by atoms with E-state index in [-0.39, 0.29) is 11.9 Å². The Hall–Kier alpha value is -0.570. The molecule has 3 heteroatoms. The van der Waals surface area contributed by atoms with Crippen molar-refractivity contribution in [1.29, 1.82) is 0 Å². The van der Waals surface area contributed by atoms with Crippen LogP contribution >= 0.6 is 0 Å². The number of nitrogens with two attached hydrogens (primary N) is 1. The van der Waals surface area contributed by atoms with Crippen molar-refractivity contribution in [1.82, 2.24) is 5.32 Å². The summed E-state index contributed by atoms with van der Waals surface area (Å²) in [4.78, 5) is 10.9. The second-order valence-electron chi connectivity index (χ2n) is 4.10. The predicted octanol–water partition coefficient (Wildman–Crippen LogP) is 1.03. The van der Waals surface area contributed by atoms with Crippen molar-refractivity contribution in [2.24, 2.45) is 11.1 Å². The van der Waals surface area contributed by atoms with Crippen LogP contribution < -0.4 is 11.1 Å². The topological polar surface area (TPSA) is 55.1 Å². The van der Waals surface area contributed by atoms with Crippen molar-refractivity contribution in [3.05, 3.63) is 0 Å². The minimum Gasteiger partial charge on any atom is -0.368 e. The van der Waals surface area contributed by atoms with Gasteiger partial charge in [-0.2, -0.15) is 0 Å². The van der Waals surface area contributed by atoms with Crippen LogP contribution in [-0.4, -0.2) is 18.5 Å². The molecule has 13 heavy (non-hydrogen) atoms. The molecule has 1 unspecified atom stereocenters. The van der Waals surface area contributed by atoms with Gasteiger partial charge in [-0.3, -0.25) is 4.79 Å². The number of nitrogens with one attached hydrogen (secondary N) is 1. The van der Waals surface area contributed by atoms with Crippen LogP contribution in [-0.2, 0) is 4.79 Å². The lowest BCUT2D eigenvalue weighted by Gasteiger charge is -2.18. The molecular formula is C10H20N2O. The molecule has 1 amide bonds. The lowest BCUT2D eigenvalue weighted by Crippen LogP contribution is -2.43. The van der Waals surface area contributed by atoms with Crippen LogP contribution in [0.3, 0.4) is 0 Å². The van der Waals surface area contributed by atoms with Gasteiger partial charge in [-0.15, -0.1) is 0 Å². The average Bonchev–Trinajstić information content (AvgIpc) is 2.86. The molecule has 0 heterocycles. The third-order valence-corrected chi connectivity index (χ3v) is 3.18. The monoisotopic (exact) mass is 184 g/mol. The molecule has 0 bridgehead atoms. The Bertz CT molecular complexity index is 187. The number of hydrogen-bond donors (Lipinski definition) is 2. The van der Waals surface area contributed by atoms with E-state index in [1.807, 2.05) is 6.92 Å². The molecule has 1 aliphatic rings. The quantitative estimate of drug-likeness (QED) is 0.648. The molecule has 3 N–H and O–H groups in total. The van der Waals surface area contributed by atoms with E-state index in [1.54, 1.807) is 0 Å². The summed E-state index contributed by atoms with van der Waals surface area (Å²) in [7, 11) is 0. The zero-order valence-corrected chi connectivity index (χ0v) is 8.60. The van der Waals surface area contributed by atoms with Crippen molar-refractivity contribution in [2.75, 3.05) is 6.54 Å². The fourth-order valence-corrected chi connectivity index (χ4v) is 1.62. The smallest absolute Gasteiger partial charge is 0.234 e. The predicted molar refractivity (Wildman–Crippen MR) is 53.2 cm³/mol. The molecule has 0 radical (unpaired) electrons. The van der Waals surface area contributed by atoms with Gasteiger partial charge in [0.25, 0.3) is 0 Å². The molecule has 0 aromatic rings. The first-order valence-corrected chi connectivity index (χ1v) is 5.16. The summed E-state index contributed by atoms with van der Waals surface area (Å²) in [5.74, 6) is -0.227. The molecule has 1 fully saturated rings. The van der Waals surface area contributed by atoms with Gasteiger partial charge in [0.1, 0.15) is 0 Å². The summed E-state index contributed by atoms with van der Waals surface area (Å²) in [5.41, 5.74) is 5.73. The van der Waals surface area contributed by atoms with E-state index in [0.717, 1.165) is 13.0 Å². The maximum absolute atomic E-state index is 10.9. The zero-order valence-electron chi connectivity index (χ0n) is 8.60. The third kappa shape index (κ3) is 2.69. The normalized spacial score (nSPS) is 21.1. The molecule has 1 aliphatic carbocycles. The van der Waals surface area contributed by atoms with Gasteiger partial charge >= 0.3 is 0 Å². The van der Waals surface area contributed by atoms with Crippen molar-refractivity contribution in [3.63, 3.8) is 0 Å². The number of carbonyl (C=O) groups excluding carboxylic acids is 1. The Morgan fingerprint density at radius 1 is 1.54 bits per heavy atom. The molecule has 0 saturated heterocycles. The fraction of sp³-hybridized carbons (Fsp3) is 0.900. The number of primary amides is 1. The third-order valence-electron chi connectivity index (χ3n) is 3.18. The van der Waals surface area contributed by atoms with Gasteiger partial charge in [0.15, 0.2) is 0 Å². The summed E-state index contributed by atoms with van der Waals surface area (Å²) < 4.78 is 0. The molecule has 0 aromatic heterocycles. The van der Waals surface area contributed by atoms with E-state index < -0.39 is 0 Å². The molecule has 0 aromatic carbocycles. The SMILES string of the molecule is CCC(NCC1(CC)CC1)C(N)=O. The van der Waals surface area contributed by atoms with E-state index in [4.69, 9.17) is 5.73 Å². The average molecular weight is 184 g/mol. The molecule has 0 aliphatic heterocycles. The Morgan fingerprint density at radius 3 is 2.46 bits per heavy atom. The fourth-order valence-electron chi connectivity index (χ4n) is 1.62. The van der Waals surface area contributed by atoms with Gasteiger partial charge in [-0.25, -0.2) is 0 Å². The van der Waals surface area contributed by atoms with Crippen LogP contribution in [0.5, 0.6) is 0 Å². The number of hydrogen-bond acceptors (Lipinski definition) is 2. The van der Waals surface area contributed by atoms with Gasteiger partial charge in [-0.05, 0) is 31.1 Å². The van der Waals surface area contributed by atoms with E-state index in [0.29, 0.717) is 5.41 Å². The van der Waals surface area contributed by atoms with Crippen molar-refractivity contribution >= 4 is 5.91 Å². The Labute approximate surface area is 80.1 Å². The highest BCUT2D eigenvalue weighted by atomic mass is 16.1. The number of rotatable bonds is 6. The minimum atomic E-state index is -0.227. The lowest BCUT2D eigenvalue weighted by molar-refractivity contribution is -0.120. The van der Waals surface area contributed by atoms with Gasteiger partial charge in [0, 0.05) is 6.54 Å². The largest absolute Gasteiger partial charge is 0.368 e. The second-order valence-corrected chi connectivity index (χ2v) is 4.10. The Kier molecular flexibility index (Phi) is 3.31. The molecule has 1 rings (SSSR count). The number of carbonyl (C=O) groups is 1. The molecule has 76 valence electrons. The maximum Gasteiger partial charge on any atom is 0.234 e. The summed E-state index contributed by atoms with van der Waals surface area (Å²) in [6, 6.07) is -0.135. The van der Waals surface area contributed by atoms with E-state index in [9.17, 15) is 4.79 Å². The van der Waals surface area contributed by atoms with E-state index >= 15 is 0 Å². The van der Waals surface area contributed by atoms with Crippen LogP contribution in [0, 0.1) is 5.41 Å². The molecule has 3 nitrogen and oxygen atoms in total. The molecule has 1 saturated carbocycles. The highest BCUT2D eigenvalue weighted by Gasteiger charge is 2.40. The van der Waals surface area contributed by atoms with Gasteiger partial charge in [0.2, 0.25) is 5.91 Å². The highest BCUT2D eigenvalue weighted by molar-refractivity contribution is 5.79. The Balaban J connectivity index is 2.27. The van der Waals surface area contributed by atoms with Crippen LogP contribution in [0.2, 0.25) is 0 Å². The maximum atomic E-state index is 10.9. The molecule has 0 spiro atoms. The van der Waals surface area contributed by atoms with Crippen LogP contribution in [0.15, 0.2) is 0 Å². The standard InChI is InChI=1S/C10H20N2O/c1-3-8(9(11)13)12-7-10(4-2)5-6-10/h8,12H,3-7H2,1-2H3,(H2,11,13). The van der Waals surface area contributed by atoms with E-state index in [1.165, 1.54) is 19.3 Å².